The van der Waals surface area contributed by atoms with E-state index in [0.29, 0.717) is 5.75 Å². The van der Waals surface area contributed by atoms with E-state index in [-0.39, 0.29) is 5.75 Å². The summed E-state index contributed by atoms with van der Waals surface area (Å²) in [5, 5.41) is 10.6. The highest BCUT2D eigenvalue weighted by atomic mass is 32.2. The van der Waals surface area contributed by atoms with E-state index in [2.05, 4.69) is 14.5 Å². The molecule has 0 atom stereocenters. The van der Waals surface area contributed by atoms with Crippen LogP contribution in [0, 0.1) is 0 Å². The maximum atomic E-state index is 9.59. The first-order valence-corrected chi connectivity index (χ1v) is 8.19. The van der Waals surface area contributed by atoms with Gasteiger partial charge in [0.15, 0.2) is 0 Å². The van der Waals surface area contributed by atoms with Gasteiger partial charge < -0.3 is 14.4 Å². The number of hydrogen-bond acceptors (Lipinski definition) is 5. The number of phenols is 1. The Hall–Kier alpha value is -2.47. The molecule has 2 heterocycles. The lowest BCUT2D eigenvalue weighted by molar-refractivity contribution is 0.409. The Morgan fingerprint density at radius 2 is 2.09 bits per heavy atom. The summed E-state index contributed by atoms with van der Waals surface area (Å²) in [6, 6.07) is 11.0. The minimum absolute atomic E-state index is 0.175. The minimum atomic E-state index is 0.175. The first-order chi connectivity index (χ1) is 11.3. The van der Waals surface area contributed by atoms with Crippen molar-refractivity contribution in [1.82, 2.24) is 14.5 Å². The van der Waals surface area contributed by atoms with Crippen LogP contribution in [-0.4, -0.2) is 32.5 Å². The van der Waals surface area contributed by atoms with E-state index >= 15 is 0 Å². The molecule has 23 heavy (non-hydrogen) atoms. The Bertz CT molecular complexity index is 775. The standard InChI is InChI=1S/C17H17N3O2S/c1-22-15-12-13(21)5-6-14(15)17-19-8-9-20(17)10-11-23-16-4-2-3-7-18-16/h2-9,12,21H,10-11H2,1H3. The second kappa shape index (κ2) is 7.19. The lowest BCUT2D eigenvalue weighted by Gasteiger charge is -2.11. The molecule has 0 unspecified atom stereocenters. The van der Waals surface area contributed by atoms with Crippen molar-refractivity contribution in [3.63, 3.8) is 0 Å². The van der Waals surface area contributed by atoms with Gasteiger partial charge in [-0.25, -0.2) is 9.97 Å². The van der Waals surface area contributed by atoms with Gasteiger partial charge in [-0.15, -0.1) is 11.8 Å². The molecular weight excluding hydrogens is 310 g/mol. The smallest absolute Gasteiger partial charge is 0.143 e. The second-order valence-corrected chi connectivity index (χ2v) is 5.96. The molecule has 5 nitrogen and oxygen atoms in total. The fraction of sp³-hybridized carbons (Fsp3) is 0.176. The molecule has 3 aromatic rings. The highest BCUT2D eigenvalue weighted by Crippen LogP contribution is 2.32. The predicted molar refractivity (Wildman–Crippen MR) is 90.8 cm³/mol. The molecule has 0 aliphatic heterocycles. The molecule has 0 aliphatic carbocycles. The molecule has 118 valence electrons. The van der Waals surface area contributed by atoms with Crippen LogP contribution in [-0.2, 0) is 6.54 Å². The van der Waals surface area contributed by atoms with Crippen molar-refractivity contribution >= 4 is 11.8 Å². The third-order valence-corrected chi connectivity index (χ3v) is 4.29. The number of hydrogen-bond donors (Lipinski definition) is 1. The Morgan fingerprint density at radius 3 is 2.87 bits per heavy atom. The number of nitrogens with zero attached hydrogens (tertiary/aromatic N) is 3. The number of aryl methyl sites for hydroxylation is 1. The molecule has 6 heteroatoms. The van der Waals surface area contributed by atoms with Crippen LogP contribution < -0.4 is 4.74 Å². The van der Waals surface area contributed by atoms with Gasteiger partial charge in [0.2, 0.25) is 0 Å². The van der Waals surface area contributed by atoms with E-state index in [9.17, 15) is 5.11 Å². The third kappa shape index (κ3) is 3.65. The van der Waals surface area contributed by atoms with Gasteiger partial charge in [-0.2, -0.15) is 0 Å². The molecular formula is C17H17N3O2S. The maximum absolute atomic E-state index is 9.59. The van der Waals surface area contributed by atoms with Crippen molar-refractivity contribution in [2.45, 2.75) is 11.6 Å². The zero-order valence-corrected chi connectivity index (χ0v) is 13.5. The largest absolute Gasteiger partial charge is 0.508 e. The summed E-state index contributed by atoms with van der Waals surface area (Å²) < 4.78 is 7.42. The van der Waals surface area contributed by atoms with E-state index in [0.717, 1.165) is 28.7 Å². The maximum Gasteiger partial charge on any atom is 0.143 e. The van der Waals surface area contributed by atoms with Gasteiger partial charge in [-0.05, 0) is 24.3 Å². The van der Waals surface area contributed by atoms with Crippen LogP contribution in [0.15, 0.2) is 60.0 Å². The molecule has 0 amide bonds. The van der Waals surface area contributed by atoms with Crippen LogP contribution in [0.4, 0.5) is 0 Å². The Kier molecular flexibility index (Phi) is 4.83. The first kappa shape index (κ1) is 15.4. The van der Waals surface area contributed by atoms with E-state index in [1.807, 2.05) is 30.5 Å². The van der Waals surface area contributed by atoms with Crippen molar-refractivity contribution in [1.29, 1.82) is 0 Å². The van der Waals surface area contributed by atoms with E-state index in [1.165, 1.54) is 0 Å². The normalized spacial score (nSPS) is 10.7. The van der Waals surface area contributed by atoms with Gasteiger partial charge in [-0.1, -0.05) is 6.07 Å². The second-order valence-electron chi connectivity index (χ2n) is 4.85. The molecule has 2 aromatic heterocycles. The SMILES string of the molecule is COc1cc(O)ccc1-c1nccn1CCSc1ccccn1. The lowest BCUT2D eigenvalue weighted by Crippen LogP contribution is -2.03. The number of phenolic OH excluding ortho intramolecular Hbond substituents is 1. The molecule has 1 N–H and O–H groups in total. The van der Waals surface area contributed by atoms with Crippen molar-refractivity contribution in [3.05, 3.63) is 55.0 Å². The van der Waals surface area contributed by atoms with Crippen LogP contribution in [0.2, 0.25) is 0 Å². The number of thioether (sulfide) groups is 1. The molecule has 1 aromatic carbocycles. The Balaban J connectivity index is 1.75. The van der Waals surface area contributed by atoms with Gasteiger partial charge in [0.25, 0.3) is 0 Å². The number of benzene rings is 1. The fourth-order valence-electron chi connectivity index (χ4n) is 2.28. The molecule has 0 bridgehead atoms. The molecule has 3 rings (SSSR count). The molecule has 0 saturated carbocycles. The predicted octanol–water partition coefficient (Wildman–Crippen LogP) is 3.45. The lowest BCUT2D eigenvalue weighted by atomic mass is 10.2. The fourth-order valence-corrected chi connectivity index (χ4v) is 3.09. The number of methoxy groups -OCH3 is 1. The zero-order chi connectivity index (χ0) is 16.1. The molecule has 0 spiro atoms. The zero-order valence-electron chi connectivity index (χ0n) is 12.7. The quantitative estimate of drug-likeness (QED) is 0.703. The Morgan fingerprint density at radius 1 is 1.17 bits per heavy atom. The number of aromatic nitrogens is 3. The van der Waals surface area contributed by atoms with Crippen LogP contribution in [0.25, 0.3) is 11.4 Å². The van der Waals surface area contributed by atoms with Crippen molar-refractivity contribution < 1.29 is 9.84 Å². The van der Waals surface area contributed by atoms with E-state index in [1.54, 1.807) is 43.4 Å². The topological polar surface area (TPSA) is 60.2 Å². The molecule has 0 radical (unpaired) electrons. The summed E-state index contributed by atoms with van der Waals surface area (Å²) in [6.45, 7) is 0.806. The molecule has 0 fully saturated rings. The summed E-state index contributed by atoms with van der Waals surface area (Å²) in [5.41, 5.74) is 0.859. The highest BCUT2D eigenvalue weighted by Gasteiger charge is 2.12. The van der Waals surface area contributed by atoms with Gasteiger partial charge in [0.1, 0.15) is 17.3 Å². The monoisotopic (exact) mass is 327 g/mol. The van der Waals surface area contributed by atoms with Gasteiger partial charge >= 0.3 is 0 Å². The number of rotatable bonds is 6. The highest BCUT2D eigenvalue weighted by molar-refractivity contribution is 7.99. The van der Waals surface area contributed by atoms with Crippen molar-refractivity contribution in [2.24, 2.45) is 0 Å². The minimum Gasteiger partial charge on any atom is -0.508 e. The first-order valence-electron chi connectivity index (χ1n) is 7.20. The summed E-state index contributed by atoms with van der Waals surface area (Å²) in [4.78, 5) is 8.73. The Labute approximate surface area is 139 Å². The van der Waals surface area contributed by atoms with Crippen molar-refractivity contribution in [2.75, 3.05) is 12.9 Å². The van der Waals surface area contributed by atoms with Crippen molar-refractivity contribution in [3.8, 4) is 22.9 Å². The third-order valence-electron chi connectivity index (χ3n) is 3.36. The van der Waals surface area contributed by atoms with Gasteiger partial charge in [0, 0.05) is 37.0 Å². The molecule has 0 saturated heterocycles. The number of aromatic hydroxyl groups is 1. The number of pyridine rings is 1. The van der Waals surface area contributed by atoms with Crippen LogP contribution in [0.5, 0.6) is 11.5 Å². The average Bonchev–Trinajstić information content (AvgIpc) is 3.04. The molecule has 0 aliphatic rings. The average molecular weight is 327 g/mol. The summed E-state index contributed by atoms with van der Waals surface area (Å²) in [5.74, 6) is 2.49. The van der Waals surface area contributed by atoms with Crippen LogP contribution in [0.1, 0.15) is 0 Å². The van der Waals surface area contributed by atoms with Gasteiger partial charge in [-0.3, -0.25) is 0 Å². The van der Waals surface area contributed by atoms with E-state index in [4.69, 9.17) is 4.74 Å². The van der Waals surface area contributed by atoms with Crippen LogP contribution >= 0.6 is 11.8 Å². The summed E-state index contributed by atoms with van der Waals surface area (Å²) >= 11 is 1.70. The van der Waals surface area contributed by atoms with Crippen LogP contribution in [0.3, 0.4) is 0 Å². The van der Waals surface area contributed by atoms with Gasteiger partial charge in [0.05, 0.1) is 17.7 Å². The summed E-state index contributed by atoms with van der Waals surface area (Å²) in [7, 11) is 1.59. The number of ether oxygens (including phenoxy) is 1. The number of imidazole rings is 1. The van der Waals surface area contributed by atoms with E-state index < -0.39 is 0 Å². The summed E-state index contributed by atoms with van der Waals surface area (Å²) in [6.07, 6.45) is 5.51.